The van der Waals surface area contributed by atoms with E-state index in [1.54, 1.807) is 18.2 Å². The molecule has 2 aliphatic rings. The van der Waals surface area contributed by atoms with Crippen LogP contribution in [0.15, 0.2) is 60.7 Å². The third-order valence-corrected chi connectivity index (χ3v) is 6.27. The molecular formula is C23H20ClN3O5. The molecule has 1 aliphatic carbocycles. The Morgan fingerprint density at radius 3 is 2.53 bits per heavy atom. The molecule has 0 bridgehead atoms. The van der Waals surface area contributed by atoms with Gasteiger partial charge in [0.05, 0.1) is 39.5 Å². The number of carbonyl (C=O) groups excluding carboxylic acids is 3. The number of halogens is 1. The number of rotatable bonds is 5. The highest BCUT2D eigenvalue weighted by atomic mass is 35.5. The van der Waals surface area contributed by atoms with Gasteiger partial charge in [-0.2, -0.15) is 5.01 Å². The molecule has 0 N–H and O–H groups in total. The van der Waals surface area contributed by atoms with Gasteiger partial charge >= 0.3 is 0 Å². The van der Waals surface area contributed by atoms with Crippen LogP contribution in [0.25, 0.3) is 0 Å². The molecule has 32 heavy (non-hydrogen) atoms. The van der Waals surface area contributed by atoms with Crippen molar-refractivity contribution in [3.05, 3.63) is 86.9 Å². The predicted molar refractivity (Wildman–Crippen MR) is 116 cm³/mol. The second-order valence-electron chi connectivity index (χ2n) is 7.87. The molecule has 1 saturated heterocycles. The van der Waals surface area contributed by atoms with Gasteiger partial charge < -0.3 is 0 Å². The Balaban J connectivity index is 1.79. The highest BCUT2D eigenvalue weighted by Crippen LogP contribution is 2.40. The lowest BCUT2D eigenvalue weighted by Crippen LogP contribution is -2.50. The molecule has 0 spiro atoms. The maximum absolute atomic E-state index is 13.5. The van der Waals surface area contributed by atoms with Crippen molar-refractivity contribution >= 4 is 35.0 Å². The Morgan fingerprint density at radius 2 is 1.84 bits per heavy atom. The molecular weight excluding hydrogens is 434 g/mol. The quantitative estimate of drug-likeness (QED) is 0.295. The smallest absolute Gasteiger partial charge is 0.272 e. The minimum absolute atomic E-state index is 0.0920. The summed E-state index contributed by atoms with van der Waals surface area (Å²) in [5.74, 6) is -2.99. The third-order valence-electron chi connectivity index (χ3n) is 5.94. The largest absolute Gasteiger partial charge is 0.274 e. The van der Waals surface area contributed by atoms with Crippen LogP contribution in [-0.4, -0.2) is 32.7 Å². The number of imide groups is 1. The first-order valence-corrected chi connectivity index (χ1v) is 10.5. The van der Waals surface area contributed by atoms with Crippen molar-refractivity contribution in [3.63, 3.8) is 0 Å². The molecule has 2 aromatic carbocycles. The average molecular weight is 454 g/mol. The predicted octanol–water partition coefficient (Wildman–Crippen LogP) is 4.00. The van der Waals surface area contributed by atoms with E-state index < -0.39 is 34.5 Å². The Bertz CT molecular complexity index is 1150. The normalized spacial score (nSPS) is 22.1. The number of hydrazine groups is 1. The molecule has 3 atom stereocenters. The van der Waals surface area contributed by atoms with E-state index >= 15 is 0 Å². The maximum Gasteiger partial charge on any atom is 0.274 e. The first kappa shape index (κ1) is 21.7. The van der Waals surface area contributed by atoms with Crippen molar-refractivity contribution in [2.75, 3.05) is 0 Å². The van der Waals surface area contributed by atoms with Gasteiger partial charge in [-0.1, -0.05) is 61.0 Å². The fourth-order valence-electron chi connectivity index (χ4n) is 4.36. The van der Waals surface area contributed by atoms with Crippen LogP contribution in [0.3, 0.4) is 0 Å². The molecule has 4 rings (SSSR count). The second-order valence-corrected chi connectivity index (χ2v) is 8.28. The molecule has 1 heterocycles. The van der Waals surface area contributed by atoms with Crippen LogP contribution in [0, 0.1) is 27.9 Å². The molecule has 9 heteroatoms. The van der Waals surface area contributed by atoms with Crippen molar-refractivity contribution < 1.29 is 19.3 Å². The lowest BCUT2D eigenvalue weighted by atomic mass is 9.78. The highest BCUT2D eigenvalue weighted by molar-refractivity contribution is 6.33. The fraction of sp³-hybridized carbons (Fsp3) is 0.261. The summed E-state index contributed by atoms with van der Waals surface area (Å²) in [5, 5.41) is 13.5. The molecule has 164 valence electrons. The molecule has 8 nitrogen and oxygen atoms in total. The third kappa shape index (κ3) is 3.67. The number of hydrogen-bond acceptors (Lipinski definition) is 5. The lowest BCUT2D eigenvalue weighted by Gasteiger charge is -2.31. The van der Waals surface area contributed by atoms with Crippen molar-refractivity contribution in [2.45, 2.75) is 19.9 Å². The minimum atomic E-state index is -0.685. The molecule has 0 unspecified atom stereocenters. The molecule has 2 aromatic rings. The number of hydrogen-bond donors (Lipinski definition) is 0. The summed E-state index contributed by atoms with van der Waals surface area (Å²) in [6.45, 7) is 1.52. The number of para-hydroxylation sites is 1. The Hall–Kier alpha value is -3.52. The van der Waals surface area contributed by atoms with E-state index in [-0.39, 0.29) is 34.3 Å². The van der Waals surface area contributed by atoms with Crippen LogP contribution in [0.5, 0.6) is 0 Å². The second kappa shape index (κ2) is 8.55. The van der Waals surface area contributed by atoms with E-state index in [1.165, 1.54) is 30.3 Å². The van der Waals surface area contributed by atoms with Gasteiger partial charge in [-0.25, -0.2) is 5.01 Å². The van der Waals surface area contributed by atoms with E-state index in [1.807, 2.05) is 19.1 Å². The van der Waals surface area contributed by atoms with Crippen LogP contribution in [-0.2, 0) is 16.1 Å². The molecule has 1 fully saturated rings. The van der Waals surface area contributed by atoms with E-state index in [2.05, 4.69) is 0 Å². The van der Waals surface area contributed by atoms with E-state index in [4.69, 9.17) is 11.6 Å². The number of carbonyl (C=O) groups is 3. The summed E-state index contributed by atoms with van der Waals surface area (Å²) >= 11 is 6.22. The van der Waals surface area contributed by atoms with Gasteiger partial charge in [-0.15, -0.1) is 0 Å². The SMILES string of the molecule is C[C@@H]1C=CC[C@H]2C(=O)N(N(Cc3ccccc3[N+](=O)[O-])C(=O)c3ccccc3Cl)C(=O)[C@H]12. The summed E-state index contributed by atoms with van der Waals surface area (Å²) in [5.41, 5.74) is 0.0740. The number of nitrogens with zero attached hydrogens (tertiary/aromatic N) is 3. The van der Waals surface area contributed by atoms with Crippen molar-refractivity contribution in [3.8, 4) is 0 Å². The van der Waals surface area contributed by atoms with Crippen molar-refractivity contribution in [1.29, 1.82) is 0 Å². The van der Waals surface area contributed by atoms with Gasteiger partial charge in [0.25, 0.3) is 23.4 Å². The van der Waals surface area contributed by atoms with Gasteiger partial charge in [0, 0.05) is 6.07 Å². The van der Waals surface area contributed by atoms with E-state index in [0.29, 0.717) is 6.42 Å². The molecule has 0 aromatic heterocycles. The van der Waals surface area contributed by atoms with Gasteiger partial charge in [-0.3, -0.25) is 24.5 Å². The lowest BCUT2D eigenvalue weighted by molar-refractivity contribution is -0.385. The van der Waals surface area contributed by atoms with Crippen LogP contribution >= 0.6 is 11.6 Å². The standard InChI is InChI=1S/C23H20ClN3O5/c1-14-7-6-10-17-20(14)23(30)26(22(17)29)25(21(28)16-9-3-4-11-18(16)24)13-15-8-2-5-12-19(15)27(31)32/h2-9,11-12,14,17,20H,10,13H2,1H3/t14-,17-,20-/m1/s1. The summed E-state index contributed by atoms with van der Waals surface area (Å²) in [6.07, 6.45) is 4.15. The van der Waals surface area contributed by atoms with Crippen LogP contribution in [0.2, 0.25) is 5.02 Å². The monoisotopic (exact) mass is 453 g/mol. The Kier molecular flexibility index (Phi) is 5.80. The summed E-state index contributed by atoms with van der Waals surface area (Å²) < 4.78 is 0. The Labute approximate surface area is 189 Å². The number of fused-ring (bicyclic) bond motifs is 1. The zero-order chi connectivity index (χ0) is 23.0. The van der Waals surface area contributed by atoms with Gasteiger partial charge in [0.2, 0.25) is 0 Å². The first-order valence-electron chi connectivity index (χ1n) is 10.1. The van der Waals surface area contributed by atoms with Crippen molar-refractivity contribution in [2.24, 2.45) is 17.8 Å². The maximum atomic E-state index is 13.5. The zero-order valence-corrected chi connectivity index (χ0v) is 17.9. The molecule has 1 aliphatic heterocycles. The van der Waals surface area contributed by atoms with Crippen molar-refractivity contribution in [1.82, 2.24) is 10.0 Å². The zero-order valence-electron chi connectivity index (χ0n) is 17.2. The van der Waals surface area contributed by atoms with Crippen LogP contribution in [0.1, 0.15) is 29.3 Å². The van der Waals surface area contributed by atoms with Crippen LogP contribution in [0.4, 0.5) is 5.69 Å². The van der Waals surface area contributed by atoms with E-state index in [9.17, 15) is 24.5 Å². The number of nitro benzene ring substituents is 1. The average Bonchev–Trinajstić information content (AvgIpc) is 3.03. The molecule has 0 radical (unpaired) electrons. The number of amides is 3. The van der Waals surface area contributed by atoms with E-state index in [0.717, 1.165) is 10.0 Å². The molecule has 0 saturated carbocycles. The minimum Gasteiger partial charge on any atom is -0.272 e. The fourth-order valence-corrected chi connectivity index (χ4v) is 4.58. The van der Waals surface area contributed by atoms with Gasteiger partial charge in [0.1, 0.15) is 0 Å². The molecule has 3 amide bonds. The number of nitro groups is 1. The first-order chi connectivity index (χ1) is 15.3. The topological polar surface area (TPSA) is 101 Å². The number of allylic oxidation sites excluding steroid dienone is 2. The highest BCUT2D eigenvalue weighted by Gasteiger charge is 2.53. The summed E-state index contributed by atoms with van der Waals surface area (Å²) in [6, 6.07) is 12.2. The summed E-state index contributed by atoms with van der Waals surface area (Å²) in [7, 11) is 0. The Morgan fingerprint density at radius 1 is 1.16 bits per heavy atom. The summed E-state index contributed by atoms with van der Waals surface area (Å²) in [4.78, 5) is 51.1. The van der Waals surface area contributed by atoms with Gasteiger partial charge in [0.15, 0.2) is 0 Å². The number of benzene rings is 2. The van der Waals surface area contributed by atoms with Crippen LogP contribution < -0.4 is 0 Å². The van der Waals surface area contributed by atoms with Gasteiger partial charge in [-0.05, 0) is 24.5 Å².